The number of carbonyl (C=O) groups is 1. The van der Waals surface area contributed by atoms with E-state index in [1.165, 1.54) is 30.8 Å². The van der Waals surface area contributed by atoms with Gasteiger partial charge in [0.1, 0.15) is 24.8 Å². The zero-order valence-corrected chi connectivity index (χ0v) is 12.8. The van der Waals surface area contributed by atoms with Crippen molar-refractivity contribution in [3.8, 4) is 17.3 Å². The van der Waals surface area contributed by atoms with Gasteiger partial charge in [0, 0.05) is 6.07 Å². The van der Waals surface area contributed by atoms with Crippen molar-refractivity contribution in [3.05, 3.63) is 49.3 Å². The molecule has 3 rings (SSSR count). The highest BCUT2D eigenvalue weighted by atomic mass is 16.5. The lowest BCUT2D eigenvalue weighted by atomic mass is 10.3. The Morgan fingerprint density at radius 3 is 2.79 bits per heavy atom. The van der Waals surface area contributed by atoms with E-state index in [2.05, 4.69) is 25.4 Å². The number of para-hydroxylation sites is 2. The predicted molar refractivity (Wildman–Crippen MR) is 84.1 cm³/mol. The maximum atomic E-state index is 12.0. The highest BCUT2D eigenvalue weighted by Gasteiger charge is 2.09. The summed E-state index contributed by atoms with van der Waals surface area (Å²) in [6, 6.07) is 8.67. The Balaban J connectivity index is 1.62. The van der Waals surface area contributed by atoms with Crippen LogP contribution < -0.4 is 14.8 Å². The fourth-order valence-corrected chi connectivity index (χ4v) is 1.93. The average molecular weight is 326 g/mol. The van der Waals surface area contributed by atoms with E-state index in [1.54, 1.807) is 24.3 Å². The Labute approximate surface area is 137 Å². The average Bonchev–Trinajstić information content (AvgIpc) is 3.15. The molecule has 9 nitrogen and oxygen atoms in total. The van der Waals surface area contributed by atoms with E-state index in [1.807, 2.05) is 6.07 Å². The maximum absolute atomic E-state index is 12.0. The molecule has 0 saturated heterocycles. The molecule has 122 valence electrons. The standard InChI is InChI=1S/C15H14N6O3/c1-23-11-4-2-3-5-12(11)24-7-15(22)20-13-6-14(18-9-17-13)21-10-16-8-19-21/h2-6,8-10H,7H2,1H3,(H,17,18,20,22). The molecule has 3 aromatic rings. The first-order valence-corrected chi connectivity index (χ1v) is 6.99. The molecule has 9 heteroatoms. The molecule has 0 spiro atoms. The number of carbonyl (C=O) groups excluding carboxylic acids is 1. The van der Waals surface area contributed by atoms with Gasteiger partial charge in [0.25, 0.3) is 5.91 Å². The molecule has 0 radical (unpaired) electrons. The van der Waals surface area contributed by atoms with Crippen LogP contribution in [0, 0.1) is 0 Å². The van der Waals surface area contributed by atoms with Crippen molar-refractivity contribution < 1.29 is 14.3 Å². The van der Waals surface area contributed by atoms with Crippen LogP contribution in [0.2, 0.25) is 0 Å². The minimum absolute atomic E-state index is 0.178. The van der Waals surface area contributed by atoms with Crippen LogP contribution in [0.5, 0.6) is 11.5 Å². The zero-order valence-electron chi connectivity index (χ0n) is 12.8. The summed E-state index contributed by atoms with van der Waals surface area (Å²) in [5.41, 5.74) is 0. The summed E-state index contributed by atoms with van der Waals surface area (Å²) in [5, 5.41) is 6.60. The van der Waals surface area contributed by atoms with Crippen LogP contribution in [0.4, 0.5) is 5.82 Å². The number of ether oxygens (including phenoxy) is 2. The topological polar surface area (TPSA) is 104 Å². The van der Waals surface area contributed by atoms with Crippen molar-refractivity contribution in [1.82, 2.24) is 24.7 Å². The minimum atomic E-state index is -0.357. The van der Waals surface area contributed by atoms with Crippen molar-refractivity contribution in [2.75, 3.05) is 19.0 Å². The van der Waals surface area contributed by atoms with Gasteiger partial charge in [-0.2, -0.15) is 5.10 Å². The van der Waals surface area contributed by atoms with E-state index < -0.39 is 0 Å². The summed E-state index contributed by atoms with van der Waals surface area (Å²) >= 11 is 0. The number of rotatable bonds is 6. The summed E-state index contributed by atoms with van der Waals surface area (Å²) < 4.78 is 12.1. The summed E-state index contributed by atoms with van der Waals surface area (Å²) in [7, 11) is 1.54. The third kappa shape index (κ3) is 3.64. The molecule has 0 aliphatic rings. The van der Waals surface area contributed by atoms with E-state index in [4.69, 9.17) is 9.47 Å². The van der Waals surface area contributed by atoms with Crippen LogP contribution >= 0.6 is 0 Å². The second kappa shape index (κ2) is 7.18. The van der Waals surface area contributed by atoms with E-state index in [0.29, 0.717) is 23.1 Å². The molecule has 0 aliphatic carbocycles. The first-order valence-electron chi connectivity index (χ1n) is 6.99. The summed E-state index contributed by atoms with van der Waals surface area (Å²) in [6.45, 7) is -0.178. The van der Waals surface area contributed by atoms with Crippen LogP contribution in [0.1, 0.15) is 0 Å². The first-order chi connectivity index (χ1) is 11.8. The Morgan fingerprint density at radius 1 is 1.21 bits per heavy atom. The number of nitrogens with one attached hydrogen (secondary N) is 1. The number of aromatic nitrogens is 5. The lowest BCUT2D eigenvalue weighted by molar-refractivity contribution is -0.118. The van der Waals surface area contributed by atoms with Gasteiger partial charge in [0.2, 0.25) is 0 Å². The van der Waals surface area contributed by atoms with Gasteiger partial charge < -0.3 is 14.8 Å². The van der Waals surface area contributed by atoms with Gasteiger partial charge in [-0.3, -0.25) is 4.79 Å². The molecule has 0 unspecified atom stereocenters. The normalized spacial score (nSPS) is 10.2. The lowest BCUT2D eigenvalue weighted by Gasteiger charge is -2.10. The molecule has 0 bridgehead atoms. The molecular weight excluding hydrogens is 312 g/mol. The summed E-state index contributed by atoms with van der Waals surface area (Å²) in [6.07, 6.45) is 4.22. The van der Waals surface area contributed by atoms with Crippen molar-refractivity contribution in [3.63, 3.8) is 0 Å². The second-order valence-corrected chi connectivity index (χ2v) is 4.59. The Kier molecular flexibility index (Phi) is 4.61. The number of hydrogen-bond acceptors (Lipinski definition) is 7. The van der Waals surface area contributed by atoms with E-state index in [0.717, 1.165) is 0 Å². The number of hydrogen-bond donors (Lipinski definition) is 1. The fraction of sp³-hybridized carbons (Fsp3) is 0.133. The molecule has 0 aliphatic heterocycles. The van der Waals surface area contributed by atoms with Gasteiger partial charge in [0.05, 0.1) is 7.11 Å². The minimum Gasteiger partial charge on any atom is -0.493 e. The van der Waals surface area contributed by atoms with Crippen molar-refractivity contribution in [1.29, 1.82) is 0 Å². The third-order valence-electron chi connectivity index (χ3n) is 3.00. The van der Waals surface area contributed by atoms with E-state index >= 15 is 0 Å². The molecule has 2 aromatic heterocycles. The molecule has 1 N–H and O–H groups in total. The lowest BCUT2D eigenvalue weighted by Crippen LogP contribution is -2.21. The molecule has 24 heavy (non-hydrogen) atoms. The third-order valence-corrected chi connectivity index (χ3v) is 3.00. The van der Waals surface area contributed by atoms with Crippen LogP contribution in [0.25, 0.3) is 5.82 Å². The Hall–Kier alpha value is -3.49. The molecule has 1 amide bonds. The molecular formula is C15H14N6O3. The summed E-state index contributed by atoms with van der Waals surface area (Å²) in [4.78, 5) is 23.9. The summed E-state index contributed by atoms with van der Waals surface area (Å²) in [5.74, 6) is 1.51. The van der Waals surface area contributed by atoms with Crippen LogP contribution in [0.3, 0.4) is 0 Å². The van der Waals surface area contributed by atoms with Gasteiger partial charge in [-0.25, -0.2) is 19.6 Å². The maximum Gasteiger partial charge on any atom is 0.263 e. The first kappa shape index (κ1) is 15.4. The fourth-order valence-electron chi connectivity index (χ4n) is 1.93. The molecule has 0 atom stereocenters. The number of methoxy groups -OCH3 is 1. The monoisotopic (exact) mass is 326 g/mol. The van der Waals surface area contributed by atoms with Crippen molar-refractivity contribution in [2.24, 2.45) is 0 Å². The predicted octanol–water partition coefficient (Wildman–Crippen LogP) is 1.08. The molecule has 1 aromatic carbocycles. The van der Waals surface area contributed by atoms with Gasteiger partial charge >= 0.3 is 0 Å². The van der Waals surface area contributed by atoms with Gasteiger partial charge in [-0.1, -0.05) is 12.1 Å². The highest BCUT2D eigenvalue weighted by Crippen LogP contribution is 2.25. The van der Waals surface area contributed by atoms with Gasteiger partial charge in [-0.15, -0.1) is 0 Å². The zero-order chi connectivity index (χ0) is 16.8. The Bertz CT molecular complexity index is 822. The van der Waals surface area contributed by atoms with Gasteiger partial charge in [0.15, 0.2) is 23.9 Å². The number of anilines is 1. The van der Waals surface area contributed by atoms with Crippen LogP contribution in [0.15, 0.2) is 49.3 Å². The highest BCUT2D eigenvalue weighted by molar-refractivity contribution is 5.91. The number of nitrogens with zero attached hydrogens (tertiary/aromatic N) is 5. The van der Waals surface area contributed by atoms with Crippen LogP contribution in [-0.2, 0) is 4.79 Å². The molecule has 2 heterocycles. The van der Waals surface area contributed by atoms with E-state index in [-0.39, 0.29) is 12.5 Å². The Morgan fingerprint density at radius 2 is 2.04 bits per heavy atom. The molecule has 0 fully saturated rings. The molecule has 0 saturated carbocycles. The van der Waals surface area contributed by atoms with Crippen molar-refractivity contribution >= 4 is 11.7 Å². The number of benzene rings is 1. The van der Waals surface area contributed by atoms with E-state index in [9.17, 15) is 4.79 Å². The van der Waals surface area contributed by atoms with Crippen molar-refractivity contribution in [2.45, 2.75) is 0 Å². The van der Waals surface area contributed by atoms with Crippen LogP contribution in [-0.4, -0.2) is 44.4 Å². The quantitative estimate of drug-likeness (QED) is 0.723. The number of amides is 1. The second-order valence-electron chi connectivity index (χ2n) is 4.59. The smallest absolute Gasteiger partial charge is 0.263 e. The largest absolute Gasteiger partial charge is 0.493 e. The SMILES string of the molecule is COc1ccccc1OCC(=O)Nc1cc(-n2cncn2)ncn1. The van der Waals surface area contributed by atoms with Gasteiger partial charge in [-0.05, 0) is 12.1 Å².